The summed E-state index contributed by atoms with van der Waals surface area (Å²) in [5.41, 5.74) is 0.956. The predicted molar refractivity (Wildman–Crippen MR) is 72.0 cm³/mol. The number of hydrogen-bond acceptors (Lipinski definition) is 1. The maximum absolute atomic E-state index is 5.83. The van der Waals surface area contributed by atoms with Gasteiger partial charge in [-0.05, 0) is 24.3 Å². The second kappa shape index (κ2) is 5.74. The van der Waals surface area contributed by atoms with Crippen molar-refractivity contribution >= 4 is 17.4 Å². The molecular formula is C14H16ClN2O+. The minimum atomic E-state index is 0.593. The van der Waals surface area contributed by atoms with E-state index in [0.717, 1.165) is 12.1 Å². The quantitative estimate of drug-likeness (QED) is 0.599. The largest absolute Gasteiger partial charge is 0.489 e. The Labute approximate surface area is 112 Å². The topological polar surface area (TPSA) is 18.0 Å². The molecule has 2 rings (SSSR count). The van der Waals surface area contributed by atoms with Gasteiger partial charge in [0.15, 0.2) is 0 Å². The van der Waals surface area contributed by atoms with Crippen LogP contribution in [0.5, 0.6) is 0 Å². The molecule has 1 aromatic heterocycles. The highest BCUT2D eigenvalue weighted by Gasteiger charge is 2.03. The number of hydrogen-bond donors (Lipinski definition) is 0. The first kappa shape index (κ1) is 12.7. The Morgan fingerprint density at radius 3 is 2.72 bits per heavy atom. The fourth-order valence-electron chi connectivity index (χ4n) is 1.63. The van der Waals surface area contributed by atoms with Crippen molar-refractivity contribution in [1.29, 1.82) is 0 Å². The van der Waals surface area contributed by atoms with E-state index in [1.54, 1.807) is 0 Å². The lowest BCUT2D eigenvalue weighted by Gasteiger charge is -2.08. The lowest BCUT2D eigenvalue weighted by atomic mass is 10.2. The number of halogens is 1. The van der Waals surface area contributed by atoms with Gasteiger partial charge >= 0.3 is 0 Å². The molecule has 1 aromatic carbocycles. The van der Waals surface area contributed by atoms with Crippen LogP contribution in [-0.2, 0) is 18.3 Å². The summed E-state index contributed by atoms with van der Waals surface area (Å²) in [4.78, 5) is 0. The highest BCUT2D eigenvalue weighted by Crippen LogP contribution is 2.16. The van der Waals surface area contributed by atoms with Gasteiger partial charge in [-0.2, -0.15) is 0 Å². The van der Waals surface area contributed by atoms with Gasteiger partial charge in [-0.15, -0.1) is 0 Å². The third-order valence-electron chi connectivity index (χ3n) is 2.62. The SMILES string of the molecule is C=C(OCCn1cc[n+](C)c1)c1ccc(Cl)cc1. The molecule has 0 spiro atoms. The Kier molecular flexibility index (Phi) is 4.05. The van der Waals surface area contributed by atoms with Crippen LogP contribution >= 0.6 is 11.6 Å². The molecule has 0 radical (unpaired) electrons. The van der Waals surface area contributed by atoms with Crippen LogP contribution in [0.25, 0.3) is 5.76 Å². The number of nitrogens with zero attached hydrogens (tertiary/aromatic N) is 2. The molecule has 18 heavy (non-hydrogen) atoms. The molecule has 3 nitrogen and oxygen atoms in total. The zero-order valence-electron chi connectivity index (χ0n) is 10.3. The van der Waals surface area contributed by atoms with E-state index in [2.05, 4.69) is 11.1 Å². The van der Waals surface area contributed by atoms with Crippen LogP contribution in [0.15, 0.2) is 49.6 Å². The summed E-state index contributed by atoms with van der Waals surface area (Å²) in [7, 11) is 1.99. The van der Waals surface area contributed by atoms with Gasteiger partial charge < -0.3 is 4.74 Å². The zero-order valence-corrected chi connectivity index (χ0v) is 11.1. The highest BCUT2D eigenvalue weighted by atomic mass is 35.5. The monoisotopic (exact) mass is 263 g/mol. The molecular weight excluding hydrogens is 248 g/mol. The summed E-state index contributed by atoms with van der Waals surface area (Å²) in [6, 6.07) is 7.47. The second-order valence-electron chi connectivity index (χ2n) is 4.10. The van der Waals surface area contributed by atoms with Crippen molar-refractivity contribution in [3.8, 4) is 0 Å². The van der Waals surface area contributed by atoms with E-state index < -0.39 is 0 Å². The summed E-state index contributed by atoms with van der Waals surface area (Å²) in [5.74, 6) is 0.670. The molecule has 0 atom stereocenters. The third kappa shape index (κ3) is 3.37. The molecule has 1 heterocycles. The van der Waals surface area contributed by atoms with E-state index in [9.17, 15) is 0 Å². The molecule has 0 unspecified atom stereocenters. The normalized spacial score (nSPS) is 10.3. The Balaban J connectivity index is 1.83. The average Bonchev–Trinajstić information content (AvgIpc) is 2.76. The molecule has 0 saturated heterocycles. The number of rotatable bonds is 5. The number of aromatic nitrogens is 2. The van der Waals surface area contributed by atoms with Crippen molar-refractivity contribution in [1.82, 2.24) is 4.57 Å². The van der Waals surface area contributed by atoms with Crippen LogP contribution < -0.4 is 4.57 Å². The van der Waals surface area contributed by atoms with Crippen molar-refractivity contribution in [3.05, 3.63) is 60.2 Å². The summed E-state index contributed by atoms with van der Waals surface area (Å²) >= 11 is 5.83. The average molecular weight is 264 g/mol. The van der Waals surface area contributed by atoms with E-state index in [4.69, 9.17) is 16.3 Å². The van der Waals surface area contributed by atoms with Crippen molar-refractivity contribution < 1.29 is 9.30 Å². The van der Waals surface area contributed by atoms with E-state index in [1.165, 1.54) is 0 Å². The maximum atomic E-state index is 5.83. The van der Waals surface area contributed by atoms with Gasteiger partial charge in [-0.1, -0.05) is 18.2 Å². The van der Waals surface area contributed by atoms with Gasteiger partial charge in [0.2, 0.25) is 6.33 Å². The van der Waals surface area contributed by atoms with Crippen LogP contribution in [0.3, 0.4) is 0 Å². The Bertz CT molecular complexity index is 531. The molecule has 0 N–H and O–H groups in total. The molecule has 0 amide bonds. The van der Waals surface area contributed by atoms with E-state index >= 15 is 0 Å². The molecule has 0 saturated carbocycles. The van der Waals surface area contributed by atoms with Crippen molar-refractivity contribution in [2.75, 3.05) is 6.61 Å². The van der Waals surface area contributed by atoms with Crippen molar-refractivity contribution in [2.24, 2.45) is 7.05 Å². The first-order valence-corrected chi connectivity index (χ1v) is 6.11. The van der Waals surface area contributed by atoms with Gasteiger partial charge in [-0.3, -0.25) is 0 Å². The lowest BCUT2D eigenvalue weighted by Crippen LogP contribution is -2.24. The maximum Gasteiger partial charge on any atom is 0.243 e. The fourth-order valence-corrected chi connectivity index (χ4v) is 1.75. The van der Waals surface area contributed by atoms with Crippen LogP contribution in [0, 0.1) is 0 Å². The Hall–Kier alpha value is -1.74. The van der Waals surface area contributed by atoms with Gasteiger partial charge in [-0.25, -0.2) is 9.13 Å². The summed E-state index contributed by atoms with van der Waals surface area (Å²) in [6.45, 7) is 5.30. The van der Waals surface area contributed by atoms with Crippen molar-refractivity contribution in [3.63, 3.8) is 0 Å². The highest BCUT2D eigenvalue weighted by molar-refractivity contribution is 6.30. The summed E-state index contributed by atoms with van der Waals surface area (Å²) < 4.78 is 9.67. The number of imidazole rings is 1. The molecule has 0 aliphatic rings. The molecule has 2 aromatic rings. The van der Waals surface area contributed by atoms with Crippen molar-refractivity contribution in [2.45, 2.75) is 6.54 Å². The molecule has 4 heteroatoms. The molecule has 94 valence electrons. The van der Waals surface area contributed by atoms with E-state index in [-0.39, 0.29) is 0 Å². The second-order valence-corrected chi connectivity index (χ2v) is 4.53. The fraction of sp³-hybridized carbons (Fsp3) is 0.214. The number of ether oxygens (including phenoxy) is 1. The van der Waals surface area contributed by atoms with Crippen LogP contribution in [0.1, 0.15) is 5.56 Å². The molecule has 0 bridgehead atoms. The number of aryl methyl sites for hydroxylation is 1. The standard InChI is InChI=1S/C14H16ClN2O/c1-12(13-3-5-14(15)6-4-13)18-10-9-17-8-7-16(2)11-17/h3-8,11H,1,9-10H2,2H3/q+1. The third-order valence-corrected chi connectivity index (χ3v) is 2.87. The minimum Gasteiger partial charge on any atom is -0.489 e. The summed E-state index contributed by atoms with van der Waals surface area (Å²) in [5, 5.41) is 0.714. The Morgan fingerprint density at radius 2 is 2.11 bits per heavy atom. The summed E-state index contributed by atoms with van der Waals surface area (Å²) in [6.07, 6.45) is 6.01. The molecule has 0 aliphatic heterocycles. The van der Waals surface area contributed by atoms with Gasteiger partial charge in [0.05, 0.1) is 7.05 Å². The van der Waals surface area contributed by atoms with Crippen LogP contribution in [0.4, 0.5) is 0 Å². The lowest BCUT2D eigenvalue weighted by molar-refractivity contribution is -0.671. The zero-order chi connectivity index (χ0) is 13.0. The smallest absolute Gasteiger partial charge is 0.243 e. The molecule has 0 aliphatic carbocycles. The van der Waals surface area contributed by atoms with E-state index in [0.29, 0.717) is 17.4 Å². The van der Waals surface area contributed by atoms with Gasteiger partial charge in [0.25, 0.3) is 0 Å². The molecule has 0 fully saturated rings. The first-order valence-electron chi connectivity index (χ1n) is 5.74. The minimum absolute atomic E-state index is 0.593. The first-order chi connectivity index (χ1) is 8.65. The van der Waals surface area contributed by atoms with E-state index in [1.807, 2.05) is 54.6 Å². The van der Waals surface area contributed by atoms with Crippen LogP contribution in [-0.4, -0.2) is 11.2 Å². The number of benzene rings is 1. The Morgan fingerprint density at radius 1 is 1.39 bits per heavy atom. The van der Waals surface area contributed by atoms with Gasteiger partial charge in [0.1, 0.15) is 31.3 Å². The predicted octanol–water partition coefficient (Wildman–Crippen LogP) is 2.65. The van der Waals surface area contributed by atoms with Crippen LogP contribution in [0.2, 0.25) is 5.02 Å². The van der Waals surface area contributed by atoms with Gasteiger partial charge in [0, 0.05) is 10.6 Å².